The molecule has 0 radical (unpaired) electrons. The number of hydrogen-bond acceptors (Lipinski definition) is 7. The summed E-state index contributed by atoms with van der Waals surface area (Å²) < 4.78 is 10.5. The summed E-state index contributed by atoms with van der Waals surface area (Å²) >= 11 is 0. The topological polar surface area (TPSA) is 95.5 Å². The lowest BCUT2D eigenvalue weighted by atomic mass is 10.1. The molecule has 2 heterocycles. The molecule has 0 aliphatic heterocycles. The first-order valence-electron chi connectivity index (χ1n) is 7.94. The third kappa shape index (κ3) is 4.40. The van der Waals surface area contributed by atoms with Crippen LogP contribution in [0.5, 0.6) is 11.5 Å². The van der Waals surface area contributed by atoms with E-state index in [1.807, 2.05) is 0 Å². The van der Waals surface area contributed by atoms with Crippen LogP contribution >= 0.6 is 0 Å². The smallest absolute Gasteiger partial charge is 0.345 e. The fraction of sp³-hybridized carbons (Fsp3) is 0.0500. The van der Waals surface area contributed by atoms with Crippen LogP contribution < -0.4 is 9.47 Å². The van der Waals surface area contributed by atoms with Gasteiger partial charge in [0.05, 0.1) is 16.7 Å². The van der Waals surface area contributed by atoms with Crippen molar-refractivity contribution in [3.8, 4) is 11.5 Å². The zero-order valence-electron chi connectivity index (χ0n) is 14.3. The molecular formula is C20H14N2O5. The number of Topliss-reactive ketones (excluding diaryl/α,β-unsaturated/α-hetero) is 1. The van der Waals surface area contributed by atoms with E-state index in [0.717, 1.165) is 0 Å². The van der Waals surface area contributed by atoms with E-state index in [9.17, 15) is 14.4 Å². The molecule has 0 atom stereocenters. The summed E-state index contributed by atoms with van der Waals surface area (Å²) in [6.07, 6.45) is 5.80. The molecule has 3 rings (SSSR count). The van der Waals surface area contributed by atoms with Crippen molar-refractivity contribution in [2.24, 2.45) is 0 Å². The number of pyridine rings is 2. The minimum Gasteiger partial charge on any atom is -0.423 e. The highest BCUT2D eigenvalue weighted by molar-refractivity contribution is 5.99. The van der Waals surface area contributed by atoms with E-state index in [-0.39, 0.29) is 34.0 Å². The van der Waals surface area contributed by atoms with Crippen LogP contribution in [0.2, 0.25) is 0 Å². The molecule has 0 unspecified atom stereocenters. The number of esters is 2. The Balaban J connectivity index is 1.82. The summed E-state index contributed by atoms with van der Waals surface area (Å²) in [4.78, 5) is 43.9. The maximum absolute atomic E-state index is 12.2. The second-order valence-corrected chi connectivity index (χ2v) is 5.48. The third-order valence-corrected chi connectivity index (χ3v) is 3.54. The van der Waals surface area contributed by atoms with Crippen molar-refractivity contribution in [2.45, 2.75) is 6.92 Å². The van der Waals surface area contributed by atoms with Crippen LogP contribution in [-0.2, 0) is 0 Å². The van der Waals surface area contributed by atoms with Crippen LogP contribution in [0.15, 0.2) is 67.3 Å². The van der Waals surface area contributed by atoms with Crippen LogP contribution in [0, 0.1) is 0 Å². The largest absolute Gasteiger partial charge is 0.423 e. The van der Waals surface area contributed by atoms with E-state index in [2.05, 4.69) is 9.97 Å². The zero-order valence-corrected chi connectivity index (χ0v) is 14.3. The predicted molar refractivity (Wildman–Crippen MR) is 94.8 cm³/mol. The summed E-state index contributed by atoms with van der Waals surface area (Å²) in [6.45, 7) is 1.32. The third-order valence-electron chi connectivity index (χ3n) is 3.54. The highest BCUT2D eigenvalue weighted by Gasteiger charge is 2.17. The molecule has 0 saturated carbocycles. The number of aromatic nitrogens is 2. The molecule has 0 amide bonds. The van der Waals surface area contributed by atoms with Gasteiger partial charge >= 0.3 is 11.9 Å². The van der Waals surface area contributed by atoms with Gasteiger partial charge in [0.2, 0.25) is 0 Å². The number of rotatable bonds is 5. The van der Waals surface area contributed by atoms with Crippen molar-refractivity contribution in [2.75, 3.05) is 0 Å². The molecule has 1 aromatic carbocycles. The van der Waals surface area contributed by atoms with Gasteiger partial charge in [0.25, 0.3) is 0 Å². The quantitative estimate of drug-likeness (QED) is 0.391. The first-order valence-corrected chi connectivity index (χ1v) is 7.94. The molecule has 0 aliphatic carbocycles. The van der Waals surface area contributed by atoms with Crippen molar-refractivity contribution in [1.29, 1.82) is 0 Å². The van der Waals surface area contributed by atoms with Gasteiger partial charge in [-0.15, -0.1) is 0 Å². The van der Waals surface area contributed by atoms with E-state index < -0.39 is 11.9 Å². The van der Waals surface area contributed by atoms with Crippen molar-refractivity contribution in [3.05, 3.63) is 83.9 Å². The van der Waals surface area contributed by atoms with Gasteiger partial charge in [0.15, 0.2) is 5.78 Å². The second-order valence-electron chi connectivity index (χ2n) is 5.48. The molecule has 0 aliphatic rings. The Morgan fingerprint density at radius 2 is 1.41 bits per heavy atom. The Morgan fingerprint density at radius 3 is 1.93 bits per heavy atom. The molecule has 0 fully saturated rings. The minimum absolute atomic E-state index is 0.0672. The van der Waals surface area contributed by atoms with E-state index >= 15 is 0 Å². The fourth-order valence-corrected chi connectivity index (χ4v) is 2.23. The number of ketones is 1. The van der Waals surface area contributed by atoms with Crippen molar-refractivity contribution >= 4 is 17.7 Å². The maximum atomic E-state index is 12.2. The SMILES string of the molecule is CC(=O)c1cc(OC(=O)c2cccnc2)ccc1OC(=O)c1cccnc1. The number of benzene rings is 1. The highest BCUT2D eigenvalue weighted by Crippen LogP contribution is 2.26. The Bertz CT molecular complexity index is 988. The van der Waals surface area contributed by atoms with E-state index in [0.29, 0.717) is 0 Å². The van der Waals surface area contributed by atoms with Crippen LogP contribution in [0.3, 0.4) is 0 Å². The minimum atomic E-state index is -0.647. The number of ether oxygens (including phenoxy) is 2. The molecule has 7 nitrogen and oxygen atoms in total. The molecule has 0 saturated heterocycles. The summed E-state index contributed by atoms with van der Waals surface area (Å²) in [5.41, 5.74) is 0.636. The summed E-state index contributed by atoms with van der Waals surface area (Å²) in [5, 5.41) is 0. The zero-order chi connectivity index (χ0) is 19.2. The van der Waals surface area contributed by atoms with E-state index in [1.54, 1.807) is 24.3 Å². The molecule has 134 valence electrons. The molecular weight excluding hydrogens is 348 g/mol. The summed E-state index contributed by atoms with van der Waals surface area (Å²) in [5.74, 6) is -1.39. The fourth-order valence-electron chi connectivity index (χ4n) is 2.23. The molecule has 0 bridgehead atoms. The average molecular weight is 362 g/mol. The summed E-state index contributed by atoms with van der Waals surface area (Å²) in [6, 6.07) is 10.5. The van der Waals surface area contributed by atoms with E-state index in [4.69, 9.17) is 9.47 Å². The van der Waals surface area contributed by atoms with Crippen LogP contribution in [0.25, 0.3) is 0 Å². The van der Waals surface area contributed by atoms with Gasteiger partial charge in [0.1, 0.15) is 11.5 Å². The molecule has 3 aromatic rings. The normalized spacial score (nSPS) is 10.1. The maximum Gasteiger partial charge on any atom is 0.345 e. The lowest BCUT2D eigenvalue weighted by Gasteiger charge is -2.10. The van der Waals surface area contributed by atoms with E-state index in [1.165, 1.54) is 49.9 Å². The van der Waals surface area contributed by atoms with Gasteiger partial charge in [0, 0.05) is 24.8 Å². The first kappa shape index (κ1) is 17.9. The average Bonchev–Trinajstić information content (AvgIpc) is 2.70. The lowest BCUT2D eigenvalue weighted by molar-refractivity contribution is 0.0716. The second kappa shape index (κ2) is 8.01. The number of carbonyl (C=O) groups is 3. The Hall–Kier alpha value is -3.87. The van der Waals surface area contributed by atoms with Gasteiger partial charge in [-0.25, -0.2) is 9.59 Å². The summed E-state index contributed by atoms with van der Waals surface area (Å²) in [7, 11) is 0. The van der Waals surface area contributed by atoms with Crippen molar-refractivity contribution in [1.82, 2.24) is 9.97 Å². The molecule has 2 aromatic heterocycles. The molecule has 27 heavy (non-hydrogen) atoms. The van der Waals surface area contributed by atoms with Gasteiger partial charge in [-0.3, -0.25) is 14.8 Å². The number of carbonyl (C=O) groups excluding carboxylic acids is 3. The first-order chi connectivity index (χ1) is 13.0. The number of nitrogens with zero attached hydrogens (tertiary/aromatic N) is 2. The lowest BCUT2D eigenvalue weighted by Crippen LogP contribution is -2.12. The number of hydrogen-bond donors (Lipinski definition) is 0. The van der Waals surface area contributed by atoms with Gasteiger partial charge in [-0.1, -0.05) is 0 Å². The van der Waals surface area contributed by atoms with Crippen LogP contribution in [0.4, 0.5) is 0 Å². The molecule has 0 spiro atoms. The monoisotopic (exact) mass is 362 g/mol. The molecule has 0 N–H and O–H groups in total. The molecule has 7 heteroatoms. The van der Waals surface area contributed by atoms with Gasteiger partial charge in [-0.2, -0.15) is 0 Å². The predicted octanol–water partition coefficient (Wildman–Crippen LogP) is 3.12. The van der Waals surface area contributed by atoms with Crippen LogP contribution in [0.1, 0.15) is 38.0 Å². The van der Waals surface area contributed by atoms with Gasteiger partial charge < -0.3 is 9.47 Å². The highest BCUT2D eigenvalue weighted by atomic mass is 16.5. The van der Waals surface area contributed by atoms with Gasteiger partial charge in [-0.05, 0) is 49.4 Å². The van der Waals surface area contributed by atoms with Crippen LogP contribution in [-0.4, -0.2) is 27.7 Å². The standard InChI is InChI=1S/C20H14N2O5/c1-13(23)17-10-16(26-19(24)14-4-2-8-21-11-14)6-7-18(17)27-20(25)15-5-3-9-22-12-15/h2-12H,1H3. The Kier molecular flexibility index (Phi) is 5.32. The van der Waals surface area contributed by atoms with Crippen molar-refractivity contribution in [3.63, 3.8) is 0 Å². The van der Waals surface area contributed by atoms with Crippen molar-refractivity contribution < 1.29 is 23.9 Å². The Labute approximate surface area is 154 Å². The Morgan fingerprint density at radius 1 is 0.815 bits per heavy atom.